The Morgan fingerprint density at radius 2 is 1.62 bits per heavy atom. The highest BCUT2D eigenvalue weighted by Gasteiger charge is 2.45. The Kier molecular flexibility index (Phi) is 7.03. The van der Waals surface area contributed by atoms with Gasteiger partial charge in [-0.25, -0.2) is 4.79 Å². The molecule has 2 aliphatic rings. The molecule has 7 nitrogen and oxygen atoms in total. The van der Waals surface area contributed by atoms with Crippen molar-refractivity contribution in [3.05, 3.63) is 71.3 Å². The standard InChI is InChI=1S/C27H33N3O4/c1-18(2)23(25(32)33)29-26(34)27(21-10-4-3-5-11-21)12-14-30(15-13-27)24(31)22-16-19-8-6-7-9-20(19)17-28-22/h3-11,18,22-23,28H,12-17H2,1-2H3,(H,29,34)(H,32,33)/t22-,23-/m1/s1. The Morgan fingerprint density at radius 3 is 2.24 bits per heavy atom. The van der Waals surface area contributed by atoms with Gasteiger partial charge < -0.3 is 20.6 Å². The number of benzene rings is 2. The van der Waals surface area contributed by atoms with Crippen molar-refractivity contribution in [2.24, 2.45) is 5.92 Å². The van der Waals surface area contributed by atoms with Gasteiger partial charge in [-0.1, -0.05) is 68.4 Å². The second kappa shape index (κ2) is 9.97. The molecule has 1 saturated heterocycles. The Hall–Kier alpha value is -3.19. The third kappa shape index (κ3) is 4.71. The first-order chi connectivity index (χ1) is 16.3. The summed E-state index contributed by atoms with van der Waals surface area (Å²) in [6.45, 7) is 5.12. The number of piperidine rings is 1. The molecule has 2 aromatic carbocycles. The molecule has 0 bridgehead atoms. The van der Waals surface area contributed by atoms with Gasteiger partial charge in [0.2, 0.25) is 11.8 Å². The third-order valence-corrected chi connectivity index (χ3v) is 7.29. The van der Waals surface area contributed by atoms with Crippen LogP contribution >= 0.6 is 0 Å². The molecule has 2 aliphatic heterocycles. The zero-order valence-corrected chi connectivity index (χ0v) is 19.8. The average molecular weight is 464 g/mol. The Morgan fingerprint density at radius 1 is 1.00 bits per heavy atom. The number of likely N-dealkylation sites (tertiary alicyclic amines) is 1. The van der Waals surface area contributed by atoms with Crippen LogP contribution in [0.25, 0.3) is 0 Å². The van der Waals surface area contributed by atoms with E-state index in [-0.39, 0.29) is 23.8 Å². The molecule has 2 amide bonds. The number of nitrogens with zero attached hydrogens (tertiary/aromatic N) is 1. The Balaban J connectivity index is 1.50. The summed E-state index contributed by atoms with van der Waals surface area (Å²) in [6, 6.07) is 16.5. The van der Waals surface area contributed by atoms with E-state index >= 15 is 0 Å². The van der Waals surface area contributed by atoms with Gasteiger partial charge in [-0.15, -0.1) is 0 Å². The normalized spacial score (nSPS) is 20.3. The van der Waals surface area contributed by atoms with Gasteiger partial charge in [0.25, 0.3) is 0 Å². The van der Waals surface area contributed by atoms with Crippen molar-refractivity contribution in [1.29, 1.82) is 0 Å². The van der Waals surface area contributed by atoms with E-state index in [9.17, 15) is 19.5 Å². The maximum absolute atomic E-state index is 13.6. The maximum atomic E-state index is 13.6. The van der Waals surface area contributed by atoms with Crippen molar-refractivity contribution >= 4 is 17.8 Å². The summed E-state index contributed by atoms with van der Waals surface area (Å²) >= 11 is 0. The van der Waals surface area contributed by atoms with E-state index in [0.717, 1.165) is 5.56 Å². The lowest BCUT2D eigenvalue weighted by atomic mass is 9.71. The highest BCUT2D eigenvalue weighted by atomic mass is 16.4. The van der Waals surface area contributed by atoms with Gasteiger partial charge in [-0.3, -0.25) is 9.59 Å². The first-order valence-corrected chi connectivity index (χ1v) is 12.0. The number of amides is 2. The zero-order valence-electron chi connectivity index (χ0n) is 19.8. The van der Waals surface area contributed by atoms with Gasteiger partial charge >= 0.3 is 5.97 Å². The topological polar surface area (TPSA) is 98.7 Å². The second-order valence-electron chi connectivity index (χ2n) is 9.71. The van der Waals surface area contributed by atoms with E-state index in [4.69, 9.17) is 0 Å². The minimum atomic E-state index is -1.04. The highest BCUT2D eigenvalue weighted by molar-refractivity contribution is 5.92. The number of rotatable bonds is 6. The fraction of sp³-hybridized carbons (Fsp3) is 0.444. The smallest absolute Gasteiger partial charge is 0.326 e. The quantitative estimate of drug-likeness (QED) is 0.611. The second-order valence-corrected chi connectivity index (χ2v) is 9.71. The lowest BCUT2D eigenvalue weighted by Crippen LogP contribution is -2.58. The molecule has 34 heavy (non-hydrogen) atoms. The monoisotopic (exact) mass is 463 g/mol. The van der Waals surface area contributed by atoms with Gasteiger partial charge in [0.1, 0.15) is 6.04 Å². The van der Waals surface area contributed by atoms with Crippen LogP contribution in [0.3, 0.4) is 0 Å². The molecular formula is C27H33N3O4. The lowest BCUT2D eigenvalue weighted by molar-refractivity contribution is -0.145. The number of carboxylic acid groups (broad SMARTS) is 1. The van der Waals surface area contributed by atoms with Crippen LogP contribution in [0, 0.1) is 5.92 Å². The lowest BCUT2D eigenvalue weighted by Gasteiger charge is -2.43. The molecule has 2 atom stereocenters. The van der Waals surface area contributed by atoms with E-state index in [1.54, 1.807) is 13.8 Å². The predicted octanol–water partition coefficient (Wildman–Crippen LogP) is 2.49. The van der Waals surface area contributed by atoms with Crippen LogP contribution in [0.2, 0.25) is 0 Å². The van der Waals surface area contributed by atoms with Crippen molar-refractivity contribution in [2.75, 3.05) is 13.1 Å². The minimum absolute atomic E-state index is 0.0576. The van der Waals surface area contributed by atoms with Crippen LogP contribution in [0.1, 0.15) is 43.4 Å². The largest absolute Gasteiger partial charge is 0.480 e. The van der Waals surface area contributed by atoms with Gasteiger partial charge in [0.05, 0.1) is 11.5 Å². The predicted molar refractivity (Wildman–Crippen MR) is 129 cm³/mol. The highest BCUT2D eigenvalue weighted by Crippen LogP contribution is 2.36. The summed E-state index contributed by atoms with van der Waals surface area (Å²) < 4.78 is 0. The third-order valence-electron chi connectivity index (χ3n) is 7.29. The molecule has 0 aliphatic carbocycles. The van der Waals surface area contributed by atoms with Crippen LogP contribution in [-0.4, -0.2) is 53.0 Å². The van der Waals surface area contributed by atoms with E-state index in [1.807, 2.05) is 47.4 Å². The molecule has 0 spiro atoms. The summed E-state index contributed by atoms with van der Waals surface area (Å²) in [6.07, 6.45) is 1.55. The first kappa shape index (κ1) is 24.0. The molecule has 4 rings (SSSR count). The SMILES string of the molecule is CC(C)[C@@H](NC(=O)C1(c2ccccc2)CCN(C(=O)[C@H]2Cc3ccccc3CN2)CC1)C(=O)O. The summed E-state index contributed by atoms with van der Waals surface area (Å²) in [4.78, 5) is 40.5. The van der Waals surface area contributed by atoms with Crippen molar-refractivity contribution in [2.45, 2.75) is 57.2 Å². The number of aliphatic carboxylic acids is 1. The zero-order chi connectivity index (χ0) is 24.3. The molecule has 2 heterocycles. The summed E-state index contributed by atoms with van der Waals surface area (Å²) in [7, 11) is 0. The molecule has 1 fully saturated rings. The van der Waals surface area contributed by atoms with Crippen molar-refractivity contribution in [1.82, 2.24) is 15.5 Å². The van der Waals surface area contributed by atoms with Crippen molar-refractivity contribution in [3.8, 4) is 0 Å². The van der Waals surface area contributed by atoms with Gasteiger partial charge in [0.15, 0.2) is 0 Å². The van der Waals surface area contributed by atoms with Crippen LogP contribution in [-0.2, 0) is 32.8 Å². The van der Waals surface area contributed by atoms with Crippen LogP contribution < -0.4 is 10.6 Å². The Labute approximate surface area is 200 Å². The summed E-state index contributed by atoms with van der Waals surface area (Å²) in [5.41, 5.74) is 2.41. The average Bonchev–Trinajstić information content (AvgIpc) is 2.86. The first-order valence-electron chi connectivity index (χ1n) is 12.0. The fourth-order valence-corrected chi connectivity index (χ4v) is 5.16. The van der Waals surface area contributed by atoms with E-state index < -0.39 is 17.4 Å². The molecule has 180 valence electrons. The molecule has 0 radical (unpaired) electrons. The molecule has 7 heteroatoms. The molecule has 0 aromatic heterocycles. The number of carboxylic acids is 1. The maximum Gasteiger partial charge on any atom is 0.326 e. The van der Waals surface area contributed by atoms with Gasteiger partial charge in [-0.05, 0) is 41.9 Å². The van der Waals surface area contributed by atoms with Crippen molar-refractivity contribution < 1.29 is 19.5 Å². The number of nitrogens with one attached hydrogen (secondary N) is 2. The van der Waals surface area contributed by atoms with Crippen LogP contribution in [0.15, 0.2) is 54.6 Å². The van der Waals surface area contributed by atoms with E-state index in [1.165, 1.54) is 11.1 Å². The number of carbonyl (C=O) groups is 3. The minimum Gasteiger partial charge on any atom is -0.480 e. The summed E-state index contributed by atoms with van der Waals surface area (Å²) in [5, 5.41) is 15.8. The molecule has 2 aromatic rings. The number of carbonyl (C=O) groups excluding carboxylic acids is 2. The number of fused-ring (bicyclic) bond motifs is 1. The fourth-order valence-electron chi connectivity index (χ4n) is 5.16. The Bertz CT molecular complexity index is 1040. The van der Waals surface area contributed by atoms with Crippen LogP contribution in [0.5, 0.6) is 0 Å². The van der Waals surface area contributed by atoms with Gasteiger partial charge in [-0.2, -0.15) is 0 Å². The van der Waals surface area contributed by atoms with E-state index in [0.29, 0.717) is 38.9 Å². The van der Waals surface area contributed by atoms with Gasteiger partial charge in [0, 0.05) is 19.6 Å². The molecule has 0 saturated carbocycles. The summed E-state index contributed by atoms with van der Waals surface area (Å²) in [5.74, 6) is -1.50. The molecule has 3 N–H and O–H groups in total. The number of hydrogen-bond donors (Lipinski definition) is 3. The molecular weight excluding hydrogens is 430 g/mol. The van der Waals surface area contributed by atoms with E-state index in [2.05, 4.69) is 22.8 Å². The van der Waals surface area contributed by atoms with Crippen LogP contribution in [0.4, 0.5) is 0 Å². The number of hydrogen-bond acceptors (Lipinski definition) is 4. The van der Waals surface area contributed by atoms with Crippen molar-refractivity contribution in [3.63, 3.8) is 0 Å². The molecule has 0 unspecified atom stereocenters.